The van der Waals surface area contributed by atoms with Crippen molar-refractivity contribution in [3.05, 3.63) is 0 Å². The predicted octanol–water partition coefficient (Wildman–Crippen LogP) is 1.99. The molecule has 5 heteroatoms. The zero-order chi connectivity index (χ0) is 15.5. The number of hydrogen-bond donors (Lipinski definition) is 2. The van der Waals surface area contributed by atoms with Gasteiger partial charge < -0.3 is 15.5 Å². The molecule has 1 aliphatic rings. The maximum absolute atomic E-state index is 11.4. The summed E-state index contributed by atoms with van der Waals surface area (Å²) in [6.07, 6.45) is 6.46. The Bertz CT molecular complexity index is 322. The Labute approximate surface area is 129 Å². The maximum atomic E-state index is 11.4. The van der Waals surface area contributed by atoms with E-state index < -0.39 is 0 Å². The smallest absolute Gasteiger partial charge is 0.220 e. The number of nitrogens with one attached hydrogen (secondary N) is 2. The van der Waals surface area contributed by atoms with Gasteiger partial charge in [-0.05, 0) is 32.1 Å². The highest BCUT2D eigenvalue weighted by Gasteiger charge is 2.22. The van der Waals surface area contributed by atoms with Crippen molar-refractivity contribution in [3.63, 3.8) is 0 Å². The second-order valence-corrected chi connectivity index (χ2v) is 5.75. The summed E-state index contributed by atoms with van der Waals surface area (Å²) in [5.41, 5.74) is 0. The van der Waals surface area contributed by atoms with Crippen LogP contribution in [0.4, 0.5) is 0 Å². The summed E-state index contributed by atoms with van der Waals surface area (Å²) in [7, 11) is 1.71. The van der Waals surface area contributed by atoms with Gasteiger partial charge in [-0.3, -0.25) is 9.79 Å². The van der Waals surface area contributed by atoms with Crippen molar-refractivity contribution in [1.82, 2.24) is 15.5 Å². The number of nitrogens with zero attached hydrogens (tertiary/aromatic N) is 2. The van der Waals surface area contributed by atoms with E-state index in [2.05, 4.69) is 29.4 Å². The zero-order valence-electron chi connectivity index (χ0n) is 14.0. The fraction of sp³-hybridized carbons (Fsp3) is 0.875. The first-order chi connectivity index (χ1) is 10.2. The number of unbranched alkanes of at least 4 members (excludes halogenated alkanes) is 2. The minimum atomic E-state index is 0.161. The molecule has 0 spiro atoms. The Hall–Kier alpha value is -1.26. The van der Waals surface area contributed by atoms with Gasteiger partial charge in [0.05, 0.1) is 0 Å². The van der Waals surface area contributed by atoms with Crippen LogP contribution < -0.4 is 10.6 Å². The molecule has 1 amide bonds. The van der Waals surface area contributed by atoms with E-state index in [1.165, 1.54) is 19.3 Å². The van der Waals surface area contributed by atoms with Crippen molar-refractivity contribution in [2.45, 2.75) is 52.4 Å². The normalized spacial score (nSPS) is 16.9. The van der Waals surface area contributed by atoms with Crippen LogP contribution in [0.15, 0.2) is 4.99 Å². The number of carbonyl (C=O) groups excluding carboxylic acids is 1. The van der Waals surface area contributed by atoms with Crippen LogP contribution in [0.1, 0.15) is 52.4 Å². The lowest BCUT2D eigenvalue weighted by atomic mass is 9.93. The largest absolute Gasteiger partial charge is 0.359 e. The van der Waals surface area contributed by atoms with E-state index in [1.54, 1.807) is 7.05 Å². The quantitative estimate of drug-likeness (QED) is 0.429. The van der Waals surface area contributed by atoms with Crippen LogP contribution >= 0.6 is 0 Å². The molecule has 0 radical (unpaired) electrons. The summed E-state index contributed by atoms with van der Waals surface area (Å²) in [6, 6.07) is 0. The summed E-state index contributed by atoms with van der Waals surface area (Å²) in [4.78, 5) is 18.5. The molecule has 1 aliphatic heterocycles. The number of guanidine groups is 1. The number of likely N-dealkylation sites (tertiary alicyclic amines) is 1. The van der Waals surface area contributed by atoms with Crippen LogP contribution in [0.3, 0.4) is 0 Å². The van der Waals surface area contributed by atoms with Crippen LogP contribution in [0, 0.1) is 5.92 Å². The Morgan fingerprint density at radius 2 is 1.95 bits per heavy atom. The average Bonchev–Trinajstić information content (AvgIpc) is 2.51. The maximum Gasteiger partial charge on any atom is 0.220 e. The minimum Gasteiger partial charge on any atom is -0.359 e. The van der Waals surface area contributed by atoms with E-state index in [0.717, 1.165) is 45.0 Å². The van der Waals surface area contributed by atoms with Crippen molar-refractivity contribution >= 4 is 11.9 Å². The summed E-state index contributed by atoms with van der Waals surface area (Å²) in [6.45, 7) is 8.15. The van der Waals surface area contributed by atoms with E-state index in [4.69, 9.17) is 4.99 Å². The third kappa shape index (κ3) is 6.82. The van der Waals surface area contributed by atoms with E-state index >= 15 is 0 Å². The minimum absolute atomic E-state index is 0.161. The first-order valence-electron chi connectivity index (χ1n) is 8.45. The third-order valence-corrected chi connectivity index (χ3v) is 4.03. The second-order valence-electron chi connectivity index (χ2n) is 5.75. The Morgan fingerprint density at radius 3 is 2.52 bits per heavy atom. The summed E-state index contributed by atoms with van der Waals surface area (Å²) in [5, 5.41) is 6.11. The topological polar surface area (TPSA) is 56.7 Å². The van der Waals surface area contributed by atoms with Crippen molar-refractivity contribution < 1.29 is 4.79 Å². The van der Waals surface area contributed by atoms with Crippen LogP contribution in [0.2, 0.25) is 0 Å². The molecule has 0 saturated carbocycles. The molecule has 21 heavy (non-hydrogen) atoms. The van der Waals surface area contributed by atoms with Gasteiger partial charge >= 0.3 is 0 Å². The second kappa shape index (κ2) is 10.5. The predicted molar refractivity (Wildman–Crippen MR) is 88.5 cm³/mol. The average molecular weight is 296 g/mol. The Morgan fingerprint density at radius 1 is 1.24 bits per heavy atom. The lowest BCUT2D eigenvalue weighted by Crippen LogP contribution is -2.46. The number of aliphatic imine (C=N–C) groups is 1. The molecule has 1 heterocycles. The van der Waals surface area contributed by atoms with E-state index in [-0.39, 0.29) is 5.91 Å². The highest BCUT2D eigenvalue weighted by Crippen LogP contribution is 2.20. The van der Waals surface area contributed by atoms with Gasteiger partial charge in [0.15, 0.2) is 5.96 Å². The zero-order valence-corrected chi connectivity index (χ0v) is 14.0. The molecule has 1 saturated heterocycles. The van der Waals surface area contributed by atoms with Crippen LogP contribution in [-0.2, 0) is 4.79 Å². The van der Waals surface area contributed by atoms with Gasteiger partial charge in [0.1, 0.15) is 0 Å². The van der Waals surface area contributed by atoms with Crippen LogP contribution in [-0.4, -0.2) is 50.0 Å². The molecule has 2 N–H and O–H groups in total. The monoisotopic (exact) mass is 296 g/mol. The third-order valence-electron chi connectivity index (χ3n) is 4.03. The molecule has 1 rings (SSSR count). The van der Waals surface area contributed by atoms with Gasteiger partial charge in [0.2, 0.25) is 5.91 Å². The van der Waals surface area contributed by atoms with Crippen LogP contribution in [0.5, 0.6) is 0 Å². The lowest BCUT2D eigenvalue weighted by Gasteiger charge is -2.34. The molecule has 0 unspecified atom stereocenters. The molecular weight excluding hydrogens is 264 g/mol. The van der Waals surface area contributed by atoms with Gasteiger partial charge in [0, 0.05) is 39.6 Å². The summed E-state index contributed by atoms with van der Waals surface area (Å²) >= 11 is 0. The number of piperidine rings is 1. The molecule has 5 nitrogen and oxygen atoms in total. The van der Waals surface area contributed by atoms with Gasteiger partial charge in [-0.15, -0.1) is 0 Å². The van der Waals surface area contributed by atoms with Gasteiger partial charge in [-0.25, -0.2) is 0 Å². The first-order valence-corrected chi connectivity index (χ1v) is 8.45. The van der Waals surface area contributed by atoms with Gasteiger partial charge in [-0.1, -0.05) is 19.8 Å². The van der Waals surface area contributed by atoms with Crippen molar-refractivity contribution in [2.24, 2.45) is 10.9 Å². The van der Waals surface area contributed by atoms with Crippen molar-refractivity contribution in [1.29, 1.82) is 0 Å². The number of carbonyl (C=O) groups is 1. The highest BCUT2D eigenvalue weighted by atomic mass is 16.1. The van der Waals surface area contributed by atoms with Crippen molar-refractivity contribution in [3.8, 4) is 0 Å². The Balaban J connectivity index is 2.41. The molecule has 1 fully saturated rings. The standard InChI is InChI=1S/C16H32N4O/c1-4-6-7-10-19-16(18-5-2)20-11-8-14(9-12-20)13-15(21)17-3/h14H,4-13H2,1-3H3,(H,17,21)(H,18,19). The van der Waals surface area contributed by atoms with E-state index in [9.17, 15) is 4.79 Å². The summed E-state index contributed by atoms with van der Waals surface area (Å²) in [5.74, 6) is 1.73. The molecule has 0 aliphatic carbocycles. The molecule has 122 valence electrons. The van der Waals surface area contributed by atoms with Crippen LogP contribution in [0.25, 0.3) is 0 Å². The fourth-order valence-electron chi connectivity index (χ4n) is 2.69. The molecule has 0 atom stereocenters. The molecule has 0 bridgehead atoms. The molecular formula is C16H32N4O. The first kappa shape index (κ1) is 17.8. The lowest BCUT2D eigenvalue weighted by molar-refractivity contribution is -0.121. The van der Waals surface area contributed by atoms with Crippen molar-refractivity contribution in [2.75, 3.05) is 33.2 Å². The molecule has 0 aromatic carbocycles. The molecule has 0 aromatic rings. The SMILES string of the molecule is CCCCCN=C(NCC)N1CCC(CC(=O)NC)CC1. The number of hydrogen-bond acceptors (Lipinski definition) is 2. The molecule has 0 aromatic heterocycles. The number of rotatable bonds is 7. The van der Waals surface area contributed by atoms with E-state index in [0.29, 0.717) is 12.3 Å². The summed E-state index contributed by atoms with van der Waals surface area (Å²) < 4.78 is 0. The fourth-order valence-corrected chi connectivity index (χ4v) is 2.69. The van der Waals surface area contributed by atoms with Gasteiger partial charge in [-0.2, -0.15) is 0 Å². The highest BCUT2D eigenvalue weighted by molar-refractivity contribution is 5.80. The van der Waals surface area contributed by atoms with E-state index in [1.807, 2.05) is 0 Å². The Kier molecular flexibility index (Phi) is 8.87. The number of amides is 1. The van der Waals surface area contributed by atoms with Gasteiger partial charge in [0.25, 0.3) is 0 Å².